The molecule has 1 aliphatic carbocycles. The third-order valence-corrected chi connectivity index (χ3v) is 8.53. The van der Waals surface area contributed by atoms with E-state index in [4.69, 9.17) is 17.4 Å². The number of nitrogens with two attached hydrogens (primary N) is 1. The Bertz CT molecular complexity index is 957. The predicted octanol–water partition coefficient (Wildman–Crippen LogP) is 3.44. The van der Waals surface area contributed by atoms with E-state index in [1.807, 2.05) is 24.3 Å². The summed E-state index contributed by atoms with van der Waals surface area (Å²) in [6, 6.07) is 12.4. The van der Waals surface area contributed by atoms with Crippen LogP contribution >= 0.6 is 22.5 Å². The predicted molar refractivity (Wildman–Crippen MR) is 134 cm³/mol. The van der Waals surface area contributed by atoms with E-state index in [-0.39, 0.29) is 16.8 Å². The minimum Gasteiger partial charge on any atom is -0.304 e. The van der Waals surface area contributed by atoms with Crippen molar-refractivity contribution in [3.63, 3.8) is 0 Å². The lowest BCUT2D eigenvalue weighted by Gasteiger charge is -2.45. The topological polar surface area (TPSA) is 77.7 Å². The number of halogens is 1. The largest absolute Gasteiger partial charge is 0.304 e. The summed E-state index contributed by atoms with van der Waals surface area (Å²) in [5.41, 5.74) is 4.53. The summed E-state index contributed by atoms with van der Waals surface area (Å²) < 4.78 is 4.92. The Morgan fingerprint density at radius 2 is 2.06 bits per heavy atom. The number of nitrogen functional groups attached to an aromatic ring is 1. The lowest BCUT2D eigenvalue weighted by Crippen LogP contribution is -2.51. The molecule has 1 unspecified atom stereocenters. The van der Waals surface area contributed by atoms with E-state index in [1.165, 1.54) is 19.3 Å². The summed E-state index contributed by atoms with van der Waals surface area (Å²) in [6.07, 6.45) is 5.65. The van der Waals surface area contributed by atoms with Crippen molar-refractivity contribution in [3.05, 3.63) is 58.9 Å². The Kier molecular flexibility index (Phi) is 7.80. The van der Waals surface area contributed by atoms with Gasteiger partial charge in [-0.25, -0.2) is 10.1 Å². The fourth-order valence-corrected chi connectivity index (χ4v) is 6.35. The molecule has 2 aromatic rings. The van der Waals surface area contributed by atoms with E-state index >= 15 is 0 Å². The van der Waals surface area contributed by atoms with Crippen molar-refractivity contribution in [1.29, 1.82) is 0 Å². The Hall–Kier alpha value is -1.97. The van der Waals surface area contributed by atoms with E-state index in [2.05, 4.69) is 42.3 Å². The molecule has 172 valence electrons. The fourth-order valence-electron chi connectivity index (χ4n) is 4.20. The van der Waals surface area contributed by atoms with Gasteiger partial charge in [-0.1, -0.05) is 24.1 Å². The Morgan fingerprint density at radius 1 is 1.28 bits per heavy atom. The van der Waals surface area contributed by atoms with Crippen LogP contribution in [0.2, 0.25) is 5.02 Å². The van der Waals surface area contributed by atoms with Crippen LogP contribution in [0, 0.1) is 0 Å². The molecule has 32 heavy (non-hydrogen) atoms. The number of hydrogen-bond acceptors (Lipinski definition) is 6. The van der Waals surface area contributed by atoms with Crippen molar-refractivity contribution in [2.24, 2.45) is 5.84 Å². The third kappa shape index (κ3) is 5.32. The number of pyridine rings is 1. The number of nitrogens with one attached hydrogen (secondary N) is 1. The molecule has 1 aliphatic heterocycles. The van der Waals surface area contributed by atoms with E-state index in [9.17, 15) is 4.79 Å². The number of nitrogens with zero attached hydrogens (tertiary/aromatic N) is 4. The lowest BCUT2D eigenvalue weighted by molar-refractivity contribution is 0.0917. The second-order valence-electron chi connectivity index (χ2n) is 8.11. The van der Waals surface area contributed by atoms with E-state index in [0.717, 1.165) is 43.6 Å². The van der Waals surface area contributed by atoms with Crippen molar-refractivity contribution in [2.45, 2.75) is 38.8 Å². The zero-order chi connectivity index (χ0) is 22.5. The SMILES string of the molecule is CC=S(N1CCN(C2CCC2)CC1)N(Cc1ccc(C(=O)NN)cn1)c1cccc(Cl)c1. The number of hydrazine groups is 1. The number of rotatable bonds is 7. The summed E-state index contributed by atoms with van der Waals surface area (Å²) in [5.74, 6) is 4.89. The molecule has 1 atom stereocenters. The zero-order valence-corrected chi connectivity index (χ0v) is 20.0. The smallest absolute Gasteiger partial charge is 0.266 e. The van der Waals surface area contributed by atoms with Crippen molar-refractivity contribution in [2.75, 3.05) is 30.5 Å². The molecule has 2 heterocycles. The summed E-state index contributed by atoms with van der Waals surface area (Å²) >= 11 is 6.35. The van der Waals surface area contributed by atoms with Crippen LogP contribution in [-0.4, -0.2) is 57.7 Å². The number of piperazine rings is 1. The molecule has 9 heteroatoms. The molecule has 4 rings (SSSR count). The van der Waals surface area contributed by atoms with Crippen LogP contribution < -0.4 is 15.6 Å². The number of aromatic nitrogens is 1. The van der Waals surface area contributed by atoms with Crippen LogP contribution in [0.4, 0.5) is 5.69 Å². The van der Waals surface area contributed by atoms with Gasteiger partial charge in [0.05, 0.1) is 17.8 Å². The Labute approximate surface area is 197 Å². The van der Waals surface area contributed by atoms with Gasteiger partial charge in [0.2, 0.25) is 0 Å². The molecule has 1 aromatic heterocycles. The Balaban J connectivity index is 1.55. The van der Waals surface area contributed by atoms with Gasteiger partial charge < -0.3 is 4.31 Å². The van der Waals surface area contributed by atoms with Crippen LogP contribution in [0.5, 0.6) is 0 Å². The number of anilines is 1. The number of carbonyl (C=O) groups is 1. The van der Waals surface area contributed by atoms with Gasteiger partial charge in [0, 0.05) is 49.1 Å². The molecule has 1 aromatic carbocycles. The molecule has 2 aliphatic rings. The highest BCUT2D eigenvalue weighted by atomic mass is 35.5. The molecular formula is C23H31ClN6OS. The van der Waals surface area contributed by atoms with Crippen molar-refractivity contribution in [1.82, 2.24) is 19.6 Å². The van der Waals surface area contributed by atoms with Gasteiger partial charge >= 0.3 is 0 Å². The van der Waals surface area contributed by atoms with Gasteiger partial charge in [-0.2, -0.15) is 0 Å². The highest BCUT2D eigenvalue weighted by Crippen LogP contribution is 2.35. The van der Waals surface area contributed by atoms with Crippen molar-refractivity contribution < 1.29 is 4.79 Å². The molecular weight excluding hydrogens is 444 g/mol. The van der Waals surface area contributed by atoms with Crippen molar-refractivity contribution in [3.8, 4) is 0 Å². The van der Waals surface area contributed by atoms with E-state index in [1.54, 1.807) is 12.3 Å². The summed E-state index contributed by atoms with van der Waals surface area (Å²) in [6.45, 7) is 7.06. The van der Waals surface area contributed by atoms with E-state index in [0.29, 0.717) is 17.1 Å². The zero-order valence-electron chi connectivity index (χ0n) is 18.4. The average molecular weight is 475 g/mol. The fraction of sp³-hybridized carbons (Fsp3) is 0.435. The normalized spacial score (nSPS) is 18.8. The monoisotopic (exact) mass is 474 g/mol. The second kappa shape index (κ2) is 10.8. The maximum Gasteiger partial charge on any atom is 0.266 e. The minimum absolute atomic E-state index is 0.226. The highest BCUT2D eigenvalue weighted by Gasteiger charge is 2.30. The number of carbonyl (C=O) groups excluding carboxylic acids is 1. The minimum atomic E-state index is -0.346. The van der Waals surface area contributed by atoms with Gasteiger partial charge in [0.25, 0.3) is 5.91 Å². The highest BCUT2D eigenvalue weighted by molar-refractivity contribution is 8.14. The van der Waals surface area contributed by atoms with Gasteiger partial charge in [-0.3, -0.25) is 20.1 Å². The van der Waals surface area contributed by atoms with E-state index < -0.39 is 0 Å². The van der Waals surface area contributed by atoms with Gasteiger partial charge in [0.15, 0.2) is 0 Å². The summed E-state index contributed by atoms with van der Waals surface area (Å²) in [5, 5.41) is 2.99. The first-order valence-electron chi connectivity index (χ1n) is 11.1. The molecule has 2 fully saturated rings. The number of hydrogen-bond donors (Lipinski definition) is 2. The first-order chi connectivity index (χ1) is 15.6. The maximum atomic E-state index is 11.8. The standard InChI is InChI=1S/C23H31ClN6OS/c1-2-32(29-13-11-28(12-14-29)21-6-4-7-21)30(22-8-3-5-19(24)15-22)17-20-10-9-18(16-26-20)23(31)27-25/h2-3,5,8-10,15-16,21H,4,6-7,11-14,17,25H2,1H3,(H,27,31). The first-order valence-corrected chi connectivity index (χ1v) is 12.7. The lowest BCUT2D eigenvalue weighted by atomic mass is 9.91. The molecule has 1 saturated carbocycles. The van der Waals surface area contributed by atoms with Crippen LogP contribution in [0.3, 0.4) is 0 Å². The molecule has 1 amide bonds. The number of amides is 1. The van der Waals surface area contributed by atoms with Crippen LogP contribution in [0.15, 0.2) is 42.6 Å². The van der Waals surface area contributed by atoms with Crippen LogP contribution in [0.25, 0.3) is 0 Å². The molecule has 1 saturated heterocycles. The molecule has 0 spiro atoms. The number of benzene rings is 1. The average Bonchev–Trinajstić information content (AvgIpc) is 2.78. The summed E-state index contributed by atoms with van der Waals surface area (Å²) in [7, 11) is -0.226. The van der Waals surface area contributed by atoms with Gasteiger partial charge in [-0.05, 0) is 66.3 Å². The maximum absolute atomic E-state index is 11.8. The third-order valence-electron chi connectivity index (χ3n) is 6.19. The molecule has 3 N–H and O–H groups in total. The van der Waals surface area contributed by atoms with Gasteiger partial charge in [0.1, 0.15) is 0 Å². The summed E-state index contributed by atoms with van der Waals surface area (Å²) in [4.78, 5) is 18.9. The molecule has 0 radical (unpaired) electrons. The van der Waals surface area contributed by atoms with Crippen molar-refractivity contribution >= 4 is 39.4 Å². The van der Waals surface area contributed by atoms with Crippen LogP contribution in [-0.2, 0) is 6.54 Å². The first kappa shape index (κ1) is 23.2. The van der Waals surface area contributed by atoms with Crippen LogP contribution in [0.1, 0.15) is 42.2 Å². The molecule has 7 nitrogen and oxygen atoms in total. The quantitative estimate of drug-likeness (QED) is 0.277. The second-order valence-corrected chi connectivity index (χ2v) is 10.6. The molecule has 0 bridgehead atoms. The Morgan fingerprint density at radius 3 is 2.62 bits per heavy atom. The van der Waals surface area contributed by atoms with Gasteiger partial charge in [-0.15, -0.1) is 0 Å².